The van der Waals surface area contributed by atoms with Crippen LogP contribution in [0.2, 0.25) is 0 Å². The Kier molecular flexibility index (Phi) is 6.61. The SMILES string of the molecule is CCN1CCN(CCCCc2ccc(O)c(C=NO)n2)CC1. The lowest BCUT2D eigenvalue weighted by Gasteiger charge is -2.33. The number of likely N-dealkylation sites (N-methyl/N-ethyl adjacent to an activating group) is 1. The van der Waals surface area contributed by atoms with Gasteiger partial charge < -0.3 is 20.1 Å². The van der Waals surface area contributed by atoms with Crippen molar-refractivity contribution in [3.63, 3.8) is 0 Å². The maximum Gasteiger partial charge on any atom is 0.142 e. The Hall–Kier alpha value is -1.66. The highest BCUT2D eigenvalue weighted by Gasteiger charge is 2.14. The second kappa shape index (κ2) is 8.70. The monoisotopic (exact) mass is 306 g/mol. The van der Waals surface area contributed by atoms with Gasteiger partial charge in [0.25, 0.3) is 0 Å². The van der Waals surface area contributed by atoms with Crippen LogP contribution in [0.4, 0.5) is 0 Å². The normalized spacial score (nSPS) is 17.3. The molecule has 0 amide bonds. The van der Waals surface area contributed by atoms with Gasteiger partial charge in [-0.05, 0) is 44.5 Å². The molecule has 6 nitrogen and oxygen atoms in total. The zero-order valence-electron chi connectivity index (χ0n) is 13.3. The first-order valence-electron chi connectivity index (χ1n) is 8.04. The standard InChI is InChI=1S/C16H26N4O2/c1-2-19-9-11-20(12-10-19)8-4-3-5-14-6-7-16(21)15(18-14)13-17-22/h6-7,13,21-22H,2-5,8-12H2,1H3. The predicted octanol–water partition coefficient (Wildman–Crippen LogP) is 1.56. The molecule has 1 aromatic heterocycles. The van der Waals surface area contributed by atoms with E-state index in [2.05, 4.69) is 26.9 Å². The lowest BCUT2D eigenvalue weighted by molar-refractivity contribution is 0.135. The number of rotatable bonds is 7. The molecule has 0 unspecified atom stereocenters. The van der Waals surface area contributed by atoms with Gasteiger partial charge in [0.05, 0.1) is 6.21 Å². The van der Waals surface area contributed by atoms with E-state index in [1.807, 2.05) is 6.07 Å². The average Bonchev–Trinajstić information content (AvgIpc) is 2.55. The van der Waals surface area contributed by atoms with Crippen molar-refractivity contribution in [3.8, 4) is 5.75 Å². The number of unbranched alkanes of at least 4 members (excludes halogenated alkanes) is 1. The summed E-state index contributed by atoms with van der Waals surface area (Å²) in [7, 11) is 0. The fourth-order valence-electron chi connectivity index (χ4n) is 2.77. The Bertz CT molecular complexity index is 485. The van der Waals surface area contributed by atoms with E-state index in [4.69, 9.17) is 5.21 Å². The van der Waals surface area contributed by atoms with E-state index < -0.39 is 0 Å². The van der Waals surface area contributed by atoms with Gasteiger partial charge in [0.15, 0.2) is 0 Å². The second-order valence-electron chi connectivity index (χ2n) is 5.68. The summed E-state index contributed by atoms with van der Waals surface area (Å²) in [5.74, 6) is 0.0374. The Labute approximate surface area is 132 Å². The van der Waals surface area contributed by atoms with Crippen molar-refractivity contribution in [1.29, 1.82) is 0 Å². The third-order valence-corrected chi connectivity index (χ3v) is 4.21. The first-order chi connectivity index (χ1) is 10.7. The molecule has 6 heteroatoms. The topological polar surface area (TPSA) is 72.2 Å². The third kappa shape index (κ3) is 4.96. The van der Waals surface area contributed by atoms with Gasteiger partial charge in [-0.3, -0.25) is 0 Å². The summed E-state index contributed by atoms with van der Waals surface area (Å²) in [6.07, 6.45) is 4.26. The van der Waals surface area contributed by atoms with Gasteiger partial charge in [-0.25, -0.2) is 4.98 Å². The van der Waals surface area contributed by atoms with Crippen molar-refractivity contribution in [3.05, 3.63) is 23.5 Å². The summed E-state index contributed by atoms with van der Waals surface area (Å²) in [6, 6.07) is 3.42. The van der Waals surface area contributed by atoms with Crippen LogP contribution in [0.3, 0.4) is 0 Å². The number of hydrogen-bond acceptors (Lipinski definition) is 6. The summed E-state index contributed by atoms with van der Waals surface area (Å²) in [5, 5.41) is 21.0. The molecule has 2 N–H and O–H groups in total. The molecule has 0 aromatic carbocycles. The van der Waals surface area contributed by atoms with Crippen LogP contribution in [0, 0.1) is 0 Å². The Balaban J connectivity index is 1.70. The molecule has 1 aromatic rings. The molecule has 1 saturated heterocycles. The molecule has 0 atom stereocenters. The fraction of sp³-hybridized carbons (Fsp3) is 0.625. The maximum absolute atomic E-state index is 9.57. The number of nitrogens with zero attached hydrogens (tertiary/aromatic N) is 4. The van der Waals surface area contributed by atoms with Crippen molar-refractivity contribution in [1.82, 2.24) is 14.8 Å². The summed E-state index contributed by atoms with van der Waals surface area (Å²) in [6.45, 7) is 9.21. The van der Waals surface area contributed by atoms with Crippen molar-refractivity contribution in [2.75, 3.05) is 39.3 Å². The quantitative estimate of drug-likeness (QED) is 0.346. The van der Waals surface area contributed by atoms with Gasteiger partial charge in [-0.2, -0.15) is 0 Å². The van der Waals surface area contributed by atoms with E-state index in [1.54, 1.807) is 6.07 Å². The van der Waals surface area contributed by atoms with Crippen LogP contribution in [0.1, 0.15) is 31.2 Å². The summed E-state index contributed by atoms with van der Waals surface area (Å²) in [4.78, 5) is 9.30. The molecule has 1 aliphatic heterocycles. The van der Waals surface area contributed by atoms with Crippen LogP contribution >= 0.6 is 0 Å². The second-order valence-corrected chi connectivity index (χ2v) is 5.68. The Morgan fingerprint density at radius 2 is 1.91 bits per heavy atom. The number of aryl methyl sites for hydroxylation is 1. The minimum Gasteiger partial charge on any atom is -0.506 e. The van der Waals surface area contributed by atoms with E-state index in [1.165, 1.54) is 26.2 Å². The molecule has 2 rings (SSSR count). The summed E-state index contributed by atoms with van der Waals surface area (Å²) < 4.78 is 0. The molecule has 0 radical (unpaired) electrons. The molecule has 1 fully saturated rings. The average molecular weight is 306 g/mol. The highest BCUT2D eigenvalue weighted by molar-refractivity contribution is 5.80. The van der Waals surface area contributed by atoms with Gasteiger partial charge in [-0.15, -0.1) is 0 Å². The minimum absolute atomic E-state index is 0.0374. The van der Waals surface area contributed by atoms with E-state index in [0.717, 1.165) is 44.3 Å². The van der Waals surface area contributed by atoms with Crippen molar-refractivity contribution in [2.45, 2.75) is 26.2 Å². The van der Waals surface area contributed by atoms with Crippen molar-refractivity contribution in [2.24, 2.45) is 5.16 Å². The van der Waals surface area contributed by atoms with Crippen molar-refractivity contribution >= 4 is 6.21 Å². The Morgan fingerprint density at radius 1 is 1.18 bits per heavy atom. The smallest absolute Gasteiger partial charge is 0.142 e. The molecule has 22 heavy (non-hydrogen) atoms. The largest absolute Gasteiger partial charge is 0.506 e. The fourth-order valence-corrected chi connectivity index (χ4v) is 2.77. The first-order valence-corrected chi connectivity index (χ1v) is 8.04. The lowest BCUT2D eigenvalue weighted by Crippen LogP contribution is -2.46. The van der Waals surface area contributed by atoms with E-state index >= 15 is 0 Å². The van der Waals surface area contributed by atoms with Crippen LogP contribution in [-0.2, 0) is 6.42 Å². The molecule has 122 valence electrons. The van der Waals surface area contributed by atoms with Crippen LogP contribution in [0.15, 0.2) is 17.3 Å². The molecular formula is C16H26N4O2. The van der Waals surface area contributed by atoms with Gasteiger partial charge in [-0.1, -0.05) is 12.1 Å². The van der Waals surface area contributed by atoms with Crippen molar-refractivity contribution < 1.29 is 10.3 Å². The number of pyridine rings is 1. The molecule has 0 saturated carbocycles. The summed E-state index contributed by atoms with van der Waals surface area (Å²) in [5.41, 5.74) is 1.24. The first kappa shape index (κ1) is 16.7. The zero-order valence-corrected chi connectivity index (χ0v) is 13.3. The van der Waals surface area contributed by atoms with E-state index in [0.29, 0.717) is 5.69 Å². The molecular weight excluding hydrogens is 280 g/mol. The van der Waals surface area contributed by atoms with Crippen LogP contribution in [0.25, 0.3) is 0 Å². The molecule has 0 spiro atoms. The van der Waals surface area contributed by atoms with Gasteiger partial charge in [0.1, 0.15) is 11.4 Å². The Morgan fingerprint density at radius 3 is 2.59 bits per heavy atom. The van der Waals surface area contributed by atoms with E-state index in [-0.39, 0.29) is 5.75 Å². The van der Waals surface area contributed by atoms with Crippen LogP contribution < -0.4 is 0 Å². The number of piperazine rings is 1. The molecule has 1 aliphatic rings. The van der Waals surface area contributed by atoms with Gasteiger partial charge in [0, 0.05) is 31.9 Å². The third-order valence-electron chi connectivity index (χ3n) is 4.21. The molecule has 2 heterocycles. The number of aromatic nitrogens is 1. The number of hydrogen-bond donors (Lipinski definition) is 2. The molecule has 0 bridgehead atoms. The van der Waals surface area contributed by atoms with Gasteiger partial charge >= 0.3 is 0 Å². The van der Waals surface area contributed by atoms with Gasteiger partial charge in [0.2, 0.25) is 0 Å². The zero-order chi connectivity index (χ0) is 15.8. The minimum atomic E-state index is 0.0374. The number of aromatic hydroxyl groups is 1. The van der Waals surface area contributed by atoms with Crippen LogP contribution in [0.5, 0.6) is 5.75 Å². The predicted molar refractivity (Wildman–Crippen MR) is 86.8 cm³/mol. The highest BCUT2D eigenvalue weighted by Crippen LogP contribution is 2.14. The summed E-state index contributed by atoms with van der Waals surface area (Å²) >= 11 is 0. The highest BCUT2D eigenvalue weighted by atomic mass is 16.4. The van der Waals surface area contributed by atoms with E-state index in [9.17, 15) is 5.11 Å². The number of oxime groups is 1. The molecule has 0 aliphatic carbocycles. The lowest BCUT2D eigenvalue weighted by atomic mass is 10.1. The maximum atomic E-state index is 9.57. The van der Waals surface area contributed by atoms with Crippen LogP contribution in [-0.4, -0.2) is 70.6 Å².